The van der Waals surface area contributed by atoms with Crippen molar-refractivity contribution in [1.29, 1.82) is 5.26 Å². The second-order valence-corrected chi connectivity index (χ2v) is 6.42. The second-order valence-electron chi connectivity index (χ2n) is 6.42. The van der Waals surface area contributed by atoms with Crippen LogP contribution in [0.25, 0.3) is 0 Å². The Morgan fingerprint density at radius 1 is 1.21 bits per heavy atom. The maximum Gasteiger partial charge on any atom is 0.246 e. The molecule has 3 heterocycles. The van der Waals surface area contributed by atoms with E-state index in [1.165, 1.54) is 4.90 Å². The van der Waals surface area contributed by atoms with Crippen LogP contribution in [0.4, 0.5) is 0 Å². The van der Waals surface area contributed by atoms with E-state index >= 15 is 0 Å². The number of nitrogens with zero attached hydrogens (tertiary/aromatic N) is 3. The lowest BCUT2D eigenvalue weighted by atomic mass is 9.94. The van der Waals surface area contributed by atoms with E-state index in [1.54, 1.807) is 31.0 Å². The van der Waals surface area contributed by atoms with Gasteiger partial charge in [0, 0.05) is 7.05 Å². The van der Waals surface area contributed by atoms with Gasteiger partial charge in [0.1, 0.15) is 12.1 Å². The van der Waals surface area contributed by atoms with Crippen molar-refractivity contribution in [2.45, 2.75) is 31.5 Å². The van der Waals surface area contributed by atoms with Crippen molar-refractivity contribution >= 4 is 11.8 Å². The number of amides is 2. The molecule has 24 heavy (non-hydrogen) atoms. The summed E-state index contributed by atoms with van der Waals surface area (Å²) in [6.45, 7) is 1.88. The maximum atomic E-state index is 12.8. The summed E-state index contributed by atoms with van der Waals surface area (Å²) in [4.78, 5) is 28.4. The van der Waals surface area contributed by atoms with Gasteiger partial charge in [0.05, 0.1) is 18.0 Å². The monoisotopic (exact) mass is 327 g/mol. The van der Waals surface area contributed by atoms with E-state index in [4.69, 9.17) is 9.47 Å². The molecular weight excluding hydrogens is 310 g/mol. The average molecular weight is 327 g/mol. The molecule has 2 saturated heterocycles. The van der Waals surface area contributed by atoms with Crippen molar-refractivity contribution in [3.8, 4) is 17.6 Å². The van der Waals surface area contributed by atoms with Crippen molar-refractivity contribution in [2.24, 2.45) is 5.92 Å². The molecule has 2 amide bonds. The molecule has 7 nitrogen and oxygen atoms in total. The Kier molecular flexibility index (Phi) is 3.17. The summed E-state index contributed by atoms with van der Waals surface area (Å²) in [5.41, 5.74) is 0.797. The van der Waals surface area contributed by atoms with E-state index < -0.39 is 24.0 Å². The number of nitriles is 1. The molecule has 4 rings (SSSR count). The summed E-state index contributed by atoms with van der Waals surface area (Å²) in [6.07, 6.45) is 0.358. The predicted molar refractivity (Wildman–Crippen MR) is 81.9 cm³/mol. The van der Waals surface area contributed by atoms with Crippen molar-refractivity contribution in [3.05, 3.63) is 23.8 Å². The number of carbonyl (C=O) groups is 2. The molecule has 0 aliphatic carbocycles. The largest absolute Gasteiger partial charge is 0.454 e. The molecule has 4 atom stereocenters. The minimum Gasteiger partial charge on any atom is -0.454 e. The highest BCUT2D eigenvalue weighted by Crippen LogP contribution is 2.46. The number of ether oxygens (including phenoxy) is 2. The highest BCUT2D eigenvalue weighted by atomic mass is 16.7. The Morgan fingerprint density at radius 3 is 2.71 bits per heavy atom. The average Bonchev–Trinajstić information content (AvgIpc) is 3.21. The topological polar surface area (TPSA) is 82.9 Å². The molecule has 7 heteroatoms. The molecule has 1 aromatic rings. The molecule has 0 aromatic heterocycles. The molecule has 0 N–H and O–H groups in total. The van der Waals surface area contributed by atoms with Gasteiger partial charge < -0.3 is 19.3 Å². The standard InChI is InChI=1S/C17H17N3O4/c1-9-16(21)20-12(17(22)19(9)2)5-11(7-18)15(20)10-3-4-13-14(6-10)24-8-23-13/h3-4,6,9,11-12,15H,5,8H2,1-2H3. The van der Waals surface area contributed by atoms with Gasteiger partial charge in [-0.1, -0.05) is 6.07 Å². The van der Waals surface area contributed by atoms with Crippen LogP contribution >= 0.6 is 0 Å². The molecule has 3 aliphatic heterocycles. The Bertz CT molecular complexity index is 772. The zero-order chi connectivity index (χ0) is 17.0. The van der Waals surface area contributed by atoms with Crippen LogP contribution in [0.15, 0.2) is 18.2 Å². The summed E-state index contributed by atoms with van der Waals surface area (Å²) in [7, 11) is 1.64. The zero-order valence-corrected chi connectivity index (χ0v) is 13.4. The number of rotatable bonds is 1. The third-order valence-corrected chi connectivity index (χ3v) is 5.22. The third-order valence-electron chi connectivity index (χ3n) is 5.22. The molecule has 1 aromatic carbocycles. The van der Waals surface area contributed by atoms with E-state index in [2.05, 4.69) is 6.07 Å². The summed E-state index contributed by atoms with van der Waals surface area (Å²) < 4.78 is 10.7. The minimum atomic E-state index is -0.571. The van der Waals surface area contributed by atoms with Crippen molar-refractivity contribution < 1.29 is 19.1 Å². The lowest BCUT2D eigenvalue weighted by molar-refractivity contribution is -0.159. The van der Waals surface area contributed by atoms with E-state index in [1.807, 2.05) is 6.07 Å². The van der Waals surface area contributed by atoms with Gasteiger partial charge in [0.2, 0.25) is 18.6 Å². The van der Waals surface area contributed by atoms with Crippen LogP contribution < -0.4 is 9.47 Å². The Balaban J connectivity index is 1.77. The van der Waals surface area contributed by atoms with Crippen molar-refractivity contribution in [1.82, 2.24) is 9.80 Å². The number of hydrogen-bond acceptors (Lipinski definition) is 5. The lowest BCUT2D eigenvalue weighted by Gasteiger charge is -2.41. The second kappa shape index (κ2) is 5.13. The van der Waals surface area contributed by atoms with Crippen LogP contribution in [0, 0.1) is 17.2 Å². The summed E-state index contributed by atoms with van der Waals surface area (Å²) in [5, 5.41) is 9.57. The smallest absolute Gasteiger partial charge is 0.246 e. The normalized spacial score (nSPS) is 31.2. The molecule has 0 bridgehead atoms. The van der Waals surface area contributed by atoms with Crippen molar-refractivity contribution in [3.63, 3.8) is 0 Å². The molecule has 2 fully saturated rings. The lowest BCUT2D eigenvalue weighted by Crippen LogP contribution is -2.60. The van der Waals surface area contributed by atoms with E-state index in [-0.39, 0.29) is 18.6 Å². The molecular formula is C17H17N3O4. The van der Waals surface area contributed by atoms with Gasteiger partial charge in [-0.2, -0.15) is 5.26 Å². The molecule has 0 saturated carbocycles. The van der Waals surface area contributed by atoms with Crippen LogP contribution in [0.3, 0.4) is 0 Å². The van der Waals surface area contributed by atoms with Gasteiger partial charge in [0.15, 0.2) is 11.5 Å². The fourth-order valence-electron chi connectivity index (χ4n) is 3.80. The number of likely N-dealkylation sites (N-methyl/N-ethyl adjacent to an activating group) is 1. The summed E-state index contributed by atoms with van der Waals surface area (Å²) in [6, 6.07) is 6.16. The third kappa shape index (κ3) is 1.89. The zero-order valence-electron chi connectivity index (χ0n) is 13.4. The van der Waals surface area contributed by atoms with Crippen LogP contribution in [0.5, 0.6) is 11.5 Å². The minimum absolute atomic E-state index is 0.106. The molecule has 0 spiro atoms. The first-order valence-corrected chi connectivity index (χ1v) is 7.91. The van der Waals surface area contributed by atoms with Crippen LogP contribution in [0.1, 0.15) is 24.9 Å². The van der Waals surface area contributed by atoms with Gasteiger partial charge >= 0.3 is 0 Å². The van der Waals surface area contributed by atoms with Crippen LogP contribution in [0.2, 0.25) is 0 Å². The quantitative estimate of drug-likeness (QED) is 0.770. The number of fused-ring (bicyclic) bond motifs is 2. The van der Waals surface area contributed by atoms with E-state index in [0.29, 0.717) is 17.9 Å². The highest BCUT2D eigenvalue weighted by molar-refractivity contribution is 5.97. The number of benzene rings is 1. The molecule has 0 radical (unpaired) electrons. The SMILES string of the molecule is CC1C(=O)N2C(CC(C#N)C2c2ccc3c(c2)OCO3)C(=O)N1C. The Labute approximate surface area is 139 Å². The van der Waals surface area contributed by atoms with Gasteiger partial charge in [-0.15, -0.1) is 0 Å². The van der Waals surface area contributed by atoms with Gasteiger partial charge in [0.25, 0.3) is 0 Å². The Morgan fingerprint density at radius 2 is 1.96 bits per heavy atom. The van der Waals surface area contributed by atoms with Gasteiger partial charge in [-0.3, -0.25) is 9.59 Å². The molecule has 4 unspecified atom stereocenters. The first-order valence-electron chi connectivity index (χ1n) is 7.91. The van der Waals surface area contributed by atoms with Crippen LogP contribution in [-0.2, 0) is 9.59 Å². The number of carbonyl (C=O) groups excluding carboxylic acids is 2. The fourth-order valence-corrected chi connectivity index (χ4v) is 3.80. The Hall–Kier alpha value is -2.75. The fraction of sp³-hybridized carbons (Fsp3) is 0.471. The van der Waals surface area contributed by atoms with Gasteiger partial charge in [-0.05, 0) is 31.0 Å². The summed E-state index contributed by atoms with van der Waals surface area (Å²) in [5.74, 6) is 0.597. The summed E-state index contributed by atoms with van der Waals surface area (Å²) >= 11 is 0. The number of hydrogen-bond donors (Lipinski definition) is 0. The first kappa shape index (κ1) is 14.8. The number of piperazine rings is 1. The highest BCUT2D eigenvalue weighted by Gasteiger charge is 2.53. The molecule has 3 aliphatic rings. The first-order chi connectivity index (χ1) is 11.5. The van der Waals surface area contributed by atoms with Gasteiger partial charge in [-0.25, -0.2) is 0 Å². The van der Waals surface area contributed by atoms with Crippen molar-refractivity contribution in [2.75, 3.05) is 13.8 Å². The molecule has 124 valence electrons. The maximum absolute atomic E-state index is 12.8. The van der Waals surface area contributed by atoms with E-state index in [0.717, 1.165) is 5.56 Å². The van der Waals surface area contributed by atoms with E-state index in [9.17, 15) is 14.9 Å². The van der Waals surface area contributed by atoms with Crippen LogP contribution in [-0.4, -0.2) is 47.5 Å². The predicted octanol–water partition coefficient (Wildman–Crippen LogP) is 1.06.